The molecule has 2 atom stereocenters. The second-order valence-corrected chi connectivity index (χ2v) is 9.37. The number of alkyl halides is 1. The Kier molecular flexibility index (Phi) is 4.13. The topological polar surface area (TPSA) is 73.8 Å². The number of likely N-dealkylation sites (tertiary alicyclic amines) is 2. The van der Waals surface area contributed by atoms with Crippen molar-refractivity contribution in [3.63, 3.8) is 0 Å². The van der Waals surface area contributed by atoms with Crippen LogP contribution in [0, 0.1) is 11.3 Å². The maximum Gasteiger partial charge on any atom is 0.272 e. The number of H-pyrrole nitrogens is 1. The molecule has 3 fully saturated rings. The van der Waals surface area contributed by atoms with Crippen LogP contribution in [0.2, 0.25) is 0 Å². The number of halogens is 1. The van der Waals surface area contributed by atoms with Crippen molar-refractivity contribution in [2.75, 3.05) is 26.2 Å². The Hall–Kier alpha value is -2.48. The maximum atomic E-state index is 13.2. The standard InChI is InChI=1S/C22H26FN5O2/c23-16-12-28(13-16)21(29)20-19-18(30-26-20)3-4-22(19)5-7-27(8-6-22)11-14-1-2-15-10-24-25-17(15)9-14/h1-2,9-10,16,18-19H,3-8,11-13H2,(H,24,25)/t18-,19+/m0/s1. The molecule has 1 amide bonds. The van der Waals surface area contributed by atoms with Gasteiger partial charge in [-0.1, -0.05) is 17.3 Å². The van der Waals surface area contributed by atoms with E-state index < -0.39 is 6.17 Å². The molecule has 6 rings (SSSR count). The van der Waals surface area contributed by atoms with Crippen LogP contribution in [0.1, 0.15) is 31.2 Å². The van der Waals surface area contributed by atoms with Gasteiger partial charge in [-0.15, -0.1) is 0 Å². The van der Waals surface area contributed by atoms with Crippen LogP contribution in [0.4, 0.5) is 4.39 Å². The molecular weight excluding hydrogens is 385 g/mol. The van der Waals surface area contributed by atoms with Gasteiger partial charge in [-0.3, -0.25) is 14.8 Å². The van der Waals surface area contributed by atoms with Crippen LogP contribution in [0.5, 0.6) is 0 Å². The number of fused-ring (bicyclic) bond motifs is 3. The van der Waals surface area contributed by atoms with E-state index in [2.05, 4.69) is 38.5 Å². The molecule has 158 valence electrons. The number of aromatic amines is 1. The van der Waals surface area contributed by atoms with Gasteiger partial charge in [0, 0.05) is 11.9 Å². The summed E-state index contributed by atoms with van der Waals surface area (Å²) in [6.45, 7) is 3.30. The summed E-state index contributed by atoms with van der Waals surface area (Å²) in [7, 11) is 0. The first-order valence-electron chi connectivity index (χ1n) is 10.9. The fourth-order valence-corrected chi connectivity index (χ4v) is 5.89. The molecule has 0 radical (unpaired) electrons. The third kappa shape index (κ3) is 2.84. The summed E-state index contributed by atoms with van der Waals surface area (Å²) in [6, 6.07) is 6.47. The van der Waals surface area contributed by atoms with Crippen molar-refractivity contribution in [2.45, 2.75) is 44.5 Å². The van der Waals surface area contributed by atoms with E-state index in [4.69, 9.17) is 4.84 Å². The second kappa shape index (κ2) is 6.77. The predicted octanol–water partition coefficient (Wildman–Crippen LogP) is 2.49. The largest absolute Gasteiger partial charge is 0.391 e. The summed E-state index contributed by atoms with van der Waals surface area (Å²) in [4.78, 5) is 22.6. The number of piperidine rings is 1. The van der Waals surface area contributed by atoms with Crippen molar-refractivity contribution in [1.82, 2.24) is 20.0 Å². The van der Waals surface area contributed by atoms with E-state index in [0.29, 0.717) is 5.71 Å². The van der Waals surface area contributed by atoms with Crippen LogP contribution in [0.15, 0.2) is 29.6 Å². The molecular formula is C22H26FN5O2. The molecule has 1 spiro atoms. The van der Waals surface area contributed by atoms with E-state index in [1.807, 2.05) is 6.20 Å². The zero-order chi connectivity index (χ0) is 20.3. The summed E-state index contributed by atoms with van der Waals surface area (Å²) < 4.78 is 13.2. The Morgan fingerprint density at radius 3 is 2.90 bits per heavy atom. The molecule has 7 nitrogen and oxygen atoms in total. The fraction of sp³-hybridized carbons (Fsp3) is 0.591. The van der Waals surface area contributed by atoms with Gasteiger partial charge >= 0.3 is 0 Å². The van der Waals surface area contributed by atoms with E-state index in [9.17, 15) is 9.18 Å². The van der Waals surface area contributed by atoms with Crippen molar-refractivity contribution in [2.24, 2.45) is 16.5 Å². The number of carbonyl (C=O) groups is 1. The van der Waals surface area contributed by atoms with Crippen molar-refractivity contribution < 1.29 is 14.0 Å². The molecule has 1 aromatic carbocycles. The van der Waals surface area contributed by atoms with E-state index in [1.165, 1.54) is 5.56 Å². The Bertz CT molecular complexity index is 1010. The molecule has 1 aliphatic carbocycles. The third-order valence-corrected chi connectivity index (χ3v) is 7.65. The Balaban J connectivity index is 1.14. The number of aromatic nitrogens is 2. The minimum Gasteiger partial charge on any atom is -0.391 e. The molecule has 4 aliphatic rings. The SMILES string of the molecule is O=C(C1=NO[C@H]2CCC3(CCN(Cc4ccc5cn[nH]c5c4)CC3)[C@@H]12)N1CC(F)C1. The first-order valence-corrected chi connectivity index (χ1v) is 10.9. The van der Waals surface area contributed by atoms with Gasteiger partial charge in [0.15, 0.2) is 5.71 Å². The third-order valence-electron chi connectivity index (χ3n) is 7.65. The van der Waals surface area contributed by atoms with E-state index in [-0.39, 0.29) is 36.4 Å². The van der Waals surface area contributed by atoms with Gasteiger partial charge in [0.25, 0.3) is 5.91 Å². The molecule has 0 unspecified atom stereocenters. The van der Waals surface area contributed by atoms with E-state index in [1.54, 1.807) is 4.90 Å². The normalized spacial score (nSPS) is 28.4. The molecule has 0 bridgehead atoms. The van der Waals surface area contributed by atoms with Gasteiger partial charge in [0.1, 0.15) is 12.3 Å². The number of rotatable bonds is 3. The Morgan fingerprint density at radius 2 is 2.10 bits per heavy atom. The van der Waals surface area contributed by atoms with Gasteiger partial charge in [0.2, 0.25) is 0 Å². The van der Waals surface area contributed by atoms with Crippen LogP contribution in [0.25, 0.3) is 10.9 Å². The van der Waals surface area contributed by atoms with Crippen molar-refractivity contribution in [3.05, 3.63) is 30.0 Å². The number of benzene rings is 1. The quantitative estimate of drug-likeness (QED) is 0.842. The molecule has 1 aromatic heterocycles. The lowest BCUT2D eigenvalue weighted by atomic mass is 9.68. The highest BCUT2D eigenvalue weighted by molar-refractivity contribution is 6.40. The van der Waals surface area contributed by atoms with Crippen LogP contribution in [-0.4, -0.2) is 70.1 Å². The van der Waals surface area contributed by atoms with E-state index in [0.717, 1.165) is 56.2 Å². The number of hydrogen-bond donors (Lipinski definition) is 1. The molecule has 1 N–H and O–H groups in total. The minimum absolute atomic E-state index is 0.0146. The van der Waals surface area contributed by atoms with Crippen LogP contribution in [-0.2, 0) is 16.2 Å². The molecule has 2 saturated heterocycles. The maximum absolute atomic E-state index is 13.2. The van der Waals surface area contributed by atoms with Gasteiger partial charge in [-0.25, -0.2) is 4.39 Å². The van der Waals surface area contributed by atoms with Crippen LogP contribution >= 0.6 is 0 Å². The predicted molar refractivity (Wildman–Crippen MR) is 110 cm³/mol. The molecule has 4 heterocycles. The number of nitrogens with zero attached hydrogens (tertiary/aromatic N) is 4. The van der Waals surface area contributed by atoms with E-state index >= 15 is 0 Å². The number of nitrogens with one attached hydrogen (secondary N) is 1. The Labute approximate surface area is 174 Å². The second-order valence-electron chi connectivity index (χ2n) is 9.37. The van der Waals surface area contributed by atoms with Crippen LogP contribution < -0.4 is 0 Å². The summed E-state index contributed by atoms with van der Waals surface area (Å²) in [5.74, 6) is -0.0554. The van der Waals surface area contributed by atoms with Gasteiger partial charge in [-0.2, -0.15) is 5.10 Å². The number of amides is 1. The number of carbonyl (C=O) groups excluding carboxylic acids is 1. The van der Waals surface area contributed by atoms with Gasteiger partial charge in [-0.05, 0) is 55.8 Å². The molecule has 30 heavy (non-hydrogen) atoms. The van der Waals surface area contributed by atoms with Gasteiger partial charge in [0.05, 0.1) is 30.7 Å². The minimum atomic E-state index is -0.894. The number of oxime groups is 1. The first kappa shape index (κ1) is 18.3. The smallest absolute Gasteiger partial charge is 0.272 e. The molecule has 2 aromatic rings. The lowest BCUT2D eigenvalue weighted by Crippen LogP contribution is -2.56. The highest BCUT2D eigenvalue weighted by Crippen LogP contribution is 2.54. The lowest BCUT2D eigenvalue weighted by Gasteiger charge is -2.43. The zero-order valence-corrected chi connectivity index (χ0v) is 16.9. The average molecular weight is 411 g/mol. The van der Waals surface area contributed by atoms with Gasteiger partial charge < -0.3 is 9.74 Å². The summed E-state index contributed by atoms with van der Waals surface area (Å²) in [6.07, 6.45) is 5.08. The summed E-state index contributed by atoms with van der Waals surface area (Å²) in [5, 5.41) is 12.5. The lowest BCUT2D eigenvalue weighted by molar-refractivity contribution is -0.131. The van der Waals surface area contributed by atoms with Crippen molar-refractivity contribution >= 4 is 22.5 Å². The number of hydrogen-bond acceptors (Lipinski definition) is 5. The zero-order valence-electron chi connectivity index (χ0n) is 16.9. The van der Waals surface area contributed by atoms with Crippen molar-refractivity contribution in [3.8, 4) is 0 Å². The molecule has 1 saturated carbocycles. The highest BCUT2D eigenvalue weighted by Gasteiger charge is 2.57. The summed E-state index contributed by atoms with van der Waals surface area (Å²) in [5.41, 5.74) is 2.98. The summed E-state index contributed by atoms with van der Waals surface area (Å²) >= 11 is 0. The first-order chi connectivity index (χ1) is 14.6. The molecule has 8 heteroatoms. The Morgan fingerprint density at radius 1 is 1.27 bits per heavy atom. The molecule has 3 aliphatic heterocycles. The monoisotopic (exact) mass is 411 g/mol. The van der Waals surface area contributed by atoms with Crippen LogP contribution in [0.3, 0.4) is 0 Å². The van der Waals surface area contributed by atoms with Crippen molar-refractivity contribution in [1.29, 1.82) is 0 Å². The highest BCUT2D eigenvalue weighted by atomic mass is 19.1. The average Bonchev–Trinajstić information content (AvgIpc) is 3.44. The fourth-order valence-electron chi connectivity index (χ4n) is 5.89.